The lowest BCUT2D eigenvalue weighted by Gasteiger charge is -2.39. The number of likely N-dealkylation sites (N-methyl/N-ethyl adjacent to an activating group) is 1. The predicted octanol–water partition coefficient (Wildman–Crippen LogP) is -0.599. The lowest BCUT2D eigenvalue weighted by Crippen LogP contribution is -2.67. The Kier molecular flexibility index (Phi) is 2.37. The Morgan fingerprint density at radius 3 is 2.11 bits per heavy atom. The summed E-state index contributed by atoms with van der Waals surface area (Å²) < 4.78 is 16.1. The van der Waals surface area contributed by atoms with Gasteiger partial charge in [-0.05, 0) is 12.1 Å². The molecule has 6 nitrogen and oxygen atoms in total. The van der Waals surface area contributed by atoms with E-state index < -0.39 is 6.69 Å². The second-order valence-electron chi connectivity index (χ2n) is 5.22. The Morgan fingerprint density at radius 1 is 1.11 bits per heavy atom. The lowest BCUT2D eigenvalue weighted by atomic mass is 9.61. The van der Waals surface area contributed by atoms with Crippen molar-refractivity contribution in [2.75, 3.05) is 27.2 Å². The first kappa shape index (κ1) is 12.0. The highest BCUT2D eigenvalue weighted by Crippen LogP contribution is 2.33. The van der Waals surface area contributed by atoms with Crippen LogP contribution in [-0.2, 0) is 18.9 Å². The van der Waals surface area contributed by atoms with Gasteiger partial charge in [0.05, 0.1) is 7.11 Å². The molecule has 2 aliphatic heterocycles. The van der Waals surface area contributed by atoms with Crippen LogP contribution in [0.3, 0.4) is 0 Å². The van der Waals surface area contributed by atoms with E-state index in [1.54, 1.807) is 38.4 Å². The fourth-order valence-electron chi connectivity index (χ4n) is 2.94. The molecule has 2 fully saturated rings. The lowest BCUT2D eigenvalue weighted by molar-refractivity contribution is -0.791. The van der Waals surface area contributed by atoms with Crippen molar-refractivity contribution in [3.63, 3.8) is 0 Å². The maximum Gasteiger partial charge on any atom is 0.614 e. The van der Waals surface area contributed by atoms with Crippen molar-refractivity contribution < 1.29 is 28.0 Å². The van der Waals surface area contributed by atoms with Crippen molar-refractivity contribution in [3.05, 3.63) is 24.3 Å². The van der Waals surface area contributed by atoms with Gasteiger partial charge in [-0.1, -0.05) is 17.6 Å². The molecule has 0 radical (unpaired) electrons. The van der Waals surface area contributed by atoms with Crippen molar-refractivity contribution in [3.8, 4) is 5.75 Å². The summed E-state index contributed by atoms with van der Waals surface area (Å²) in [5.74, 6) is 0.00966. The highest BCUT2D eigenvalue weighted by atomic mass is 16.7. The van der Waals surface area contributed by atoms with Gasteiger partial charge in [0.15, 0.2) is 0 Å². The minimum absolute atomic E-state index is 0.151. The van der Waals surface area contributed by atoms with Gasteiger partial charge in [0.2, 0.25) is 0 Å². The zero-order valence-corrected chi connectivity index (χ0v) is 10.8. The SMILES string of the molecule is COc1ccc([B-]23OC(=O)C[N+]2(C)CC(=O)O3)cc1. The van der Waals surface area contributed by atoms with Gasteiger partial charge in [0.25, 0.3) is 0 Å². The number of benzene rings is 1. The molecule has 19 heavy (non-hydrogen) atoms. The topological polar surface area (TPSA) is 61.8 Å². The van der Waals surface area contributed by atoms with Crippen LogP contribution in [0, 0.1) is 0 Å². The molecule has 0 N–H and O–H groups in total. The van der Waals surface area contributed by atoms with Gasteiger partial charge < -0.3 is 18.4 Å². The first-order valence-electron chi connectivity index (χ1n) is 6.06. The molecule has 2 saturated heterocycles. The molecule has 2 heterocycles. The Morgan fingerprint density at radius 2 is 1.63 bits per heavy atom. The second kappa shape index (κ2) is 3.74. The van der Waals surface area contributed by atoms with Crippen molar-refractivity contribution in [1.29, 1.82) is 0 Å². The smallest absolute Gasteiger partial charge is 0.596 e. The molecule has 0 bridgehead atoms. The van der Waals surface area contributed by atoms with Crippen LogP contribution in [0.1, 0.15) is 0 Å². The summed E-state index contributed by atoms with van der Waals surface area (Å²) in [6.45, 7) is -1.82. The average molecular weight is 263 g/mol. The van der Waals surface area contributed by atoms with Gasteiger partial charge in [-0.25, -0.2) is 0 Å². The highest BCUT2D eigenvalue weighted by Gasteiger charge is 2.66. The van der Waals surface area contributed by atoms with Crippen LogP contribution >= 0.6 is 0 Å². The number of ether oxygens (including phenoxy) is 1. The number of carbonyl (C=O) groups excluding carboxylic acids is 2. The third-order valence-corrected chi connectivity index (χ3v) is 3.92. The van der Waals surface area contributed by atoms with E-state index in [9.17, 15) is 9.59 Å². The summed E-state index contributed by atoms with van der Waals surface area (Å²) in [5, 5.41) is 0. The van der Waals surface area contributed by atoms with Gasteiger partial charge >= 0.3 is 18.6 Å². The number of nitrogens with zero attached hydrogens (tertiary/aromatic N) is 1. The van der Waals surface area contributed by atoms with E-state index in [2.05, 4.69) is 0 Å². The van der Waals surface area contributed by atoms with E-state index in [-0.39, 0.29) is 29.4 Å². The van der Waals surface area contributed by atoms with E-state index >= 15 is 0 Å². The molecule has 0 saturated carbocycles. The van der Waals surface area contributed by atoms with E-state index in [1.807, 2.05) is 0 Å². The van der Waals surface area contributed by atoms with Crippen LogP contribution in [-0.4, -0.2) is 50.3 Å². The first-order chi connectivity index (χ1) is 8.99. The largest absolute Gasteiger partial charge is 0.614 e. The summed E-state index contributed by atoms with van der Waals surface area (Å²) in [6.07, 6.45) is 0. The van der Waals surface area contributed by atoms with E-state index in [4.69, 9.17) is 14.0 Å². The van der Waals surface area contributed by atoms with Crippen molar-refractivity contribution in [1.82, 2.24) is 0 Å². The monoisotopic (exact) mass is 263 g/mol. The summed E-state index contributed by atoms with van der Waals surface area (Å²) >= 11 is 0. The van der Waals surface area contributed by atoms with Crippen LogP contribution in [0.4, 0.5) is 0 Å². The molecule has 100 valence electrons. The van der Waals surface area contributed by atoms with Crippen LogP contribution in [0.2, 0.25) is 0 Å². The molecule has 0 aliphatic carbocycles. The molecular weight excluding hydrogens is 249 g/mol. The zero-order valence-electron chi connectivity index (χ0n) is 10.8. The normalized spacial score (nSPS) is 32.7. The standard InChI is InChI=1S/C12H14BNO5/c1-14-7-11(15)18-13(14,19-12(16)8-14)9-3-5-10(17-2)6-4-9/h3-6H,7-8H2,1-2H3. The molecule has 2 aliphatic rings. The van der Waals surface area contributed by atoms with Gasteiger partial charge in [0, 0.05) is 7.05 Å². The fourth-order valence-corrected chi connectivity index (χ4v) is 2.94. The number of hydrogen-bond donors (Lipinski definition) is 0. The minimum atomic E-state index is -2.13. The zero-order chi connectivity index (χ0) is 13.7. The minimum Gasteiger partial charge on any atom is -0.596 e. The summed E-state index contributed by atoms with van der Waals surface area (Å²) in [5.41, 5.74) is 0.694. The fraction of sp³-hybridized carbons (Fsp3) is 0.333. The molecule has 1 aromatic rings. The van der Waals surface area contributed by atoms with E-state index in [0.29, 0.717) is 11.2 Å². The van der Waals surface area contributed by atoms with E-state index in [0.717, 1.165) is 0 Å². The molecule has 0 amide bonds. The third kappa shape index (κ3) is 1.54. The molecular formula is C12H14BNO5. The molecule has 0 atom stereocenters. The van der Waals surface area contributed by atoms with Gasteiger partial charge in [-0.3, -0.25) is 9.59 Å². The van der Waals surface area contributed by atoms with Gasteiger partial charge in [-0.2, -0.15) is 0 Å². The molecule has 0 unspecified atom stereocenters. The van der Waals surface area contributed by atoms with Crippen molar-refractivity contribution >= 4 is 24.1 Å². The number of fused-ring (bicyclic) bond motifs is 1. The number of rotatable bonds is 2. The molecule has 3 rings (SSSR count). The highest BCUT2D eigenvalue weighted by molar-refractivity contribution is 6.79. The number of carbonyl (C=O) groups is 2. The summed E-state index contributed by atoms with van der Waals surface area (Å²) in [6, 6.07) is 7.06. The maximum absolute atomic E-state index is 11.6. The third-order valence-electron chi connectivity index (χ3n) is 3.92. The predicted molar refractivity (Wildman–Crippen MR) is 66.5 cm³/mol. The molecule has 0 aromatic heterocycles. The van der Waals surface area contributed by atoms with Gasteiger partial charge in [0.1, 0.15) is 18.8 Å². The second-order valence-corrected chi connectivity index (χ2v) is 5.22. The summed E-state index contributed by atoms with van der Waals surface area (Å²) in [7, 11) is 3.38. The average Bonchev–Trinajstić information content (AvgIpc) is 2.74. The Hall–Kier alpha value is -2.02. The van der Waals surface area contributed by atoms with Crippen LogP contribution < -0.4 is 10.2 Å². The van der Waals surface area contributed by atoms with Crippen LogP contribution in [0.25, 0.3) is 0 Å². The van der Waals surface area contributed by atoms with Crippen molar-refractivity contribution in [2.24, 2.45) is 0 Å². The quantitative estimate of drug-likeness (QED) is 0.667. The van der Waals surface area contributed by atoms with Crippen molar-refractivity contribution in [2.45, 2.75) is 0 Å². The molecule has 0 spiro atoms. The molecule has 7 heteroatoms. The number of quaternary nitrogens is 1. The maximum atomic E-state index is 11.6. The van der Waals surface area contributed by atoms with E-state index in [1.165, 1.54) is 0 Å². The molecule has 1 aromatic carbocycles. The Balaban J connectivity index is 2.08. The van der Waals surface area contributed by atoms with Gasteiger partial charge in [-0.15, -0.1) is 0 Å². The Labute approximate surface area is 110 Å². The number of methoxy groups -OCH3 is 1. The Bertz CT molecular complexity index is 536. The summed E-state index contributed by atoms with van der Waals surface area (Å²) in [4.78, 5) is 23.3. The number of hydrogen-bond acceptors (Lipinski definition) is 5. The first-order valence-corrected chi connectivity index (χ1v) is 6.06. The van der Waals surface area contributed by atoms with Crippen LogP contribution in [0.5, 0.6) is 5.75 Å². The van der Waals surface area contributed by atoms with Crippen LogP contribution in [0.15, 0.2) is 24.3 Å².